The summed E-state index contributed by atoms with van der Waals surface area (Å²) >= 11 is 4.17. The highest BCUT2D eigenvalue weighted by atomic mass is 32.1. The van der Waals surface area contributed by atoms with Crippen LogP contribution in [0.4, 0.5) is 0 Å². The highest BCUT2D eigenvalue weighted by Crippen LogP contribution is 2.12. The number of carbonyl (C=O) groups excluding carboxylic acids is 3. The molecule has 5 N–H and O–H groups in total. The van der Waals surface area contributed by atoms with Crippen molar-refractivity contribution in [3.63, 3.8) is 0 Å². The number of carbonyl (C=O) groups is 3. The lowest BCUT2D eigenvalue weighted by Crippen LogP contribution is -2.59. The number of methoxy groups -OCH3 is 1. The van der Waals surface area contributed by atoms with Crippen LogP contribution in [-0.4, -0.2) is 61.4 Å². The van der Waals surface area contributed by atoms with Crippen LogP contribution in [0.25, 0.3) is 0 Å². The molecule has 8 nitrogen and oxygen atoms in total. The summed E-state index contributed by atoms with van der Waals surface area (Å²) in [5.41, 5.74) is 5.90. The molecule has 0 aliphatic heterocycles. The third-order valence-electron chi connectivity index (χ3n) is 5.09. The van der Waals surface area contributed by atoms with Crippen LogP contribution in [-0.2, 0) is 19.1 Å². The molecule has 0 radical (unpaired) electrons. The van der Waals surface area contributed by atoms with E-state index in [0.717, 1.165) is 0 Å². The van der Waals surface area contributed by atoms with E-state index in [1.54, 1.807) is 0 Å². The summed E-state index contributed by atoms with van der Waals surface area (Å²) in [7, 11) is 1.30. The minimum atomic E-state index is -0.761. The van der Waals surface area contributed by atoms with Gasteiger partial charge in [0.05, 0.1) is 13.2 Å². The quantitative estimate of drug-likeness (QED) is 0.201. The second kappa shape index (κ2) is 14.6. The van der Waals surface area contributed by atoms with Crippen molar-refractivity contribution in [2.75, 3.05) is 19.4 Å². The Morgan fingerprint density at radius 3 is 2.00 bits per heavy atom. The number of thiol groups is 1. The molecule has 0 saturated carbocycles. The van der Waals surface area contributed by atoms with Crippen LogP contribution in [0.5, 0.6) is 0 Å². The molecule has 0 aromatic rings. The highest BCUT2D eigenvalue weighted by molar-refractivity contribution is 7.80. The van der Waals surface area contributed by atoms with Crippen molar-refractivity contribution in [2.45, 2.75) is 78.6 Å². The number of nitrogens with one attached hydrogen (secondary N) is 3. The number of esters is 1. The van der Waals surface area contributed by atoms with Gasteiger partial charge in [-0.25, -0.2) is 4.79 Å². The molecule has 5 atom stereocenters. The molecule has 176 valence electrons. The Balaban J connectivity index is 5.38. The Kier molecular flexibility index (Phi) is 14.0. The average molecular weight is 447 g/mol. The van der Waals surface area contributed by atoms with Crippen LogP contribution >= 0.6 is 12.6 Å². The number of hydrogen-bond donors (Lipinski definition) is 5. The Labute approximate surface area is 187 Å². The first-order valence-electron chi connectivity index (χ1n) is 10.8. The van der Waals surface area contributed by atoms with E-state index in [-0.39, 0.29) is 35.6 Å². The highest BCUT2D eigenvalue weighted by Gasteiger charge is 2.33. The molecule has 0 saturated heterocycles. The minimum Gasteiger partial charge on any atom is -0.467 e. The normalized spacial score (nSPS) is 16.5. The monoisotopic (exact) mass is 446 g/mol. The maximum Gasteiger partial charge on any atom is 0.328 e. The Morgan fingerprint density at radius 1 is 1.00 bits per heavy atom. The number of rotatable bonds is 14. The minimum absolute atomic E-state index is 0.00141. The van der Waals surface area contributed by atoms with Gasteiger partial charge in [0.2, 0.25) is 11.8 Å². The van der Waals surface area contributed by atoms with E-state index < -0.39 is 24.1 Å². The van der Waals surface area contributed by atoms with E-state index >= 15 is 0 Å². The van der Waals surface area contributed by atoms with E-state index in [9.17, 15) is 14.4 Å². The lowest BCUT2D eigenvalue weighted by Gasteiger charge is -2.29. The van der Waals surface area contributed by atoms with Crippen LogP contribution in [0.1, 0.15) is 54.4 Å². The second-order valence-electron chi connectivity index (χ2n) is 8.66. The molecule has 2 amide bonds. The molecule has 30 heavy (non-hydrogen) atoms. The molecule has 0 aliphatic rings. The third-order valence-corrected chi connectivity index (χ3v) is 5.56. The molecule has 0 heterocycles. The molecule has 0 aliphatic carbocycles. The summed E-state index contributed by atoms with van der Waals surface area (Å²) in [6.07, 6.45) is 1.15. The van der Waals surface area contributed by atoms with E-state index in [1.807, 2.05) is 41.5 Å². The smallest absolute Gasteiger partial charge is 0.328 e. The molecule has 9 heteroatoms. The molecular weight excluding hydrogens is 404 g/mol. The summed E-state index contributed by atoms with van der Waals surface area (Å²) in [5, 5.41) is 8.82. The van der Waals surface area contributed by atoms with Crippen molar-refractivity contribution in [2.24, 2.45) is 23.5 Å². The van der Waals surface area contributed by atoms with Gasteiger partial charge < -0.3 is 26.4 Å². The SMILES string of the molecule is CC[C@H](C)[C@H](NC(=O)[C@@H](NC[C@@H](N)CS)C(C)C)C(=O)N[C@@H](CC(C)C)C(=O)OC. The van der Waals surface area contributed by atoms with Gasteiger partial charge in [0.1, 0.15) is 12.1 Å². The topological polar surface area (TPSA) is 123 Å². The molecule has 0 rings (SSSR count). The fourth-order valence-corrected chi connectivity index (χ4v) is 3.14. The van der Waals surface area contributed by atoms with Gasteiger partial charge in [-0.2, -0.15) is 12.6 Å². The van der Waals surface area contributed by atoms with Crippen molar-refractivity contribution >= 4 is 30.4 Å². The standard InChI is InChI=1S/C21H42N4O4S/c1-8-14(6)18(20(27)24-16(9-12(2)3)21(28)29-7)25-19(26)17(13(4)5)23-10-15(22)11-30/h12-18,23,30H,8-11,22H2,1-7H3,(H,24,27)(H,25,26)/t14-,15+,16-,17-,18-/m0/s1. The maximum absolute atomic E-state index is 13.0. The molecule has 0 aromatic heterocycles. The Morgan fingerprint density at radius 2 is 1.57 bits per heavy atom. The van der Waals surface area contributed by atoms with Crippen molar-refractivity contribution in [3.8, 4) is 0 Å². The number of amides is 2. The van der Waals surface area contributed by atoms with Gasteiger partial charge in [-0.3, -0.25) is 9.59 Å². The molecule has 0 unspecified atom stereocenters. The second-order valence-corrected chi connectivity index (χ2v) is 9.02. The first kappa shape index (κ1) is 28.7. The number of hydrogen-bond acceptors (Lipinski definition) is 7. The van der Waals surface area contributed by atoms with Crippen LogP contribution in [0.2, 0.25) is 0 Å². The molecule has 0 fully saturated rings. The zero-order valence-corrected chi connectivity index (χ0v) is 20.4. The van der Waals surface area contributed by atoms with Crippen molar-refractivity contribution < 1.29 is 19.1 Å². The lowest BCUT2D eigenvalue weighted by molar-refractivity contribution is -0.146. The van der Waals surface area contributed by atoms with E-state index in [2.05, 4.69) is 28.6 Å². The van der Waals surface area contributed by atoms with Gasteiger partial charge in [0.15, 0.2) is 0 Å². The van der Waals surface area contributed by atoms with Crippen molar-refractivity contribution in [1.29, 1.82) is 0 Å². The molecule has 0 spiro atoms. The van der Waals surface area contributed by atoms with Gasteiger partial charge in [0.25, 0.3) is 0 Å². The van der Waals surface area contributed by atoms with E-state index in [1.165, 1.54) is 7.11 Å². The predicted octanol–water partition coefficient (Wildman–Crippen LogP) is 1.09. The van der Waals surface area contributed by atoms with Gasteiger partial charge in [-0.1, -0.05) is 48.0 Å². The van der Waals surface area contributed by atoms with Gasteiger partial charge in [0, 0.05) is 18.3 Å². The van der Waals surface area contributed by atoms with Crippen LogP contribution in [0, 0.1) is 17.8 Å². The Hall–Kier alpha value is -1.32. The summed E-state index contributed by atoms with van der Waals surface area (Å²) in [6, 6.07) is -2.18. The number of ether oxygens (including phenoxy) is 1. The largest absolute Gasteiger partial charge is 0.467 e. The number of nitrogens with two attached hydrogens (primary N) is 1. The first-order valence-corrected chi connectivity index (χ1v) is 11.4. The Bertz CT molecular complexity index is 545. The van der Waals surface area contributed by atoms with Crippen molar-refractivity contribution in [1.82, 2.24) is 16.0 Å². The molecular formula is C21H42N4O4S. The summed E-state index contributed by atoms with van der Waals surface area (Å²) in [5.74, 6) is -0.563. The predicted molar refractivity (Wildman–Crippen MR) is 123 cm³/mol. The summed E-state index contributed by atoms with van der Waals surface area (Å²) in [4.78, 5) is 38.1. The van der Waals surface area contributed by atoms with Gasteiger partial charge in [-0.05, 0) is 24.2 Å². The van der Waals surface area contributed by atoms with Crippen LogP contribution < -0.4 is 21.7 Å². The summed E-state index contributed by atoms with van der Waals surface area (Å²) in [6.45, 7) is 12.1. The van der Waals surface area contributed by atoms with Gasteiger partial charge >= 0.3 is 5.97 Å². The zero-order valence-electron chi connectivity index (χ0n) is 19.5. The van der Waals surface area contributed by atoms with Crippen molar-refractivity contribution in [3.05, 3.63) is 0 Å². The molecule has 0 bridgehead atoms. The average Bonchev–Trinajstić information content (AvgIpc) is 2.69. The first-order chi connectivity index (χ1) is 14.0. The lowest BCUT2D eigenvalue weighted by atomic mass is 9.95. The van der Waals surface area contributed by atoms with E-state index in [0.29, 0.717) is 25.1 Å². The summed E-state index contributed by atoms with van der Waals surface area (Å²) < 4.78 is 4.83. The van der Waals surface area contributed by atoms with Crippen LogP contribution in [0.3, 0.4) is 0 Å². The molecule has 0 aromatic carbocycles. The van der Waals surface area contributed by atoms with E-state index in [4.69, 9.17) is 10.5 Å². The zero-order chi connectivity index (χ0) is 23.4. The van der Waals surface area contributed by atoms with Crippen LogP contribution in [0.15, 0.2) is 0 Å². The van der Waals surface area contributed by atoms with Gasteiger partial charge in [-0.15, -0.1) is 0 Å². The maximum atomic E-state index is 13.0. The third kappa shape index (κ3) is 10.1. The fourth-order valence-electron chi connectivity index (χ4n) is 3.01. The fraction of sp³-hybridized carbons (Fsp3) is 0.857.